The van der Waals surface area contributed by atoms with E-state index in [1.165, 1.54) is 0 Å². The molecule has 0 spiro atoms. The van der Waals surface area contributed by atoms with Gasteiger partial charge >= 0.3 is 0 Å². The Hall–Kier alpha value is -2.08. The van der Waals surface area contributed by atoms with Crippen LogP contribution in [0.2, 0.25) is 0 Å². The molecule has 2 heterocycles. The molecule has 6 heteroatoms. The number of methoxy groups -OCH3 is 1. The Bertz CT molecular complexity index is 628. The predicted octanol–water partition coefficient (Wildman–Crippen LogP) is 1.52. The van der Waals surface area contributed by atoms with Crippen LogP contribution in [0.25, 0.3) is 0 Å². The van der Waals surface area contributed by atoms with Crippen LogP contribution in [0.3, 0.4) is 0 Å². The average Bonchev–Trinajstić information content (AvgIpc) is 3.16. The molecule has 2 aliphatic rings. The normalized spacial score (nSPS) is 21.4. The fraction of sp³-hybridized carbons (Fsp3) is 0.579. The molecular weight excluding hydrogens is 318 g/mol. The molecule has 136 valence electrons. The van der Waals surface area contributed by atoms with Gasteiger partial charge in [0.05, 0.1) is 19.7 Å². The smallest absolute Gasteiger partial charge is 0.236 e. The van der Waals surface area contributed by atoms with Crippen LogP contribution < -0.4 is 4.74 Å². The molecule has 25 heavy (non-hydrogen) atoms. The van der Waals surface area contributed by atoms with Gasteiger partial charge in [0, 0.05) is 45.2 Å². The third-order valence-electron chi connectivity index (χ3n) is 5.18. The summed E-state index contributed by atoms with van der Waals surface area (Å²) in [6.07, 6.45) is 2.21. The molecule has 1 atom stereocenters. The lowest BCUT2D eigenvalue weighted by atomic mass is 10.0. The highest BCUT2D eigenvalue weighted by Gasteiger charge is 2.33. The lowest BCUT2D eigenvalue weighted by Crippen LogP contribution is -2.52. The summed E-state index contributed by atoms with van der Waals surface area (Å²) in [5.41, 5.74) is 0.999. The third kappa shape index (κ3) is 3.95. The summed E-state index contributed by atoms with van der Waals surface area (Å²) in [5, 5.41) is 0. The molecule has 3 rings (SSSR count). The molecule has 1 unspecified atom stereocenters. The second-order valence-corrected chi connectivity index (χ2v) is 6.79. The minimum atomic E-state index is -0.0891. The van der Waals surface area contributed by atoms with Crippen LogP contribution in [0, 0.1) is 0 Å². The number of para-hydroxylation sites is 1. The molecule has 0 aromatic heterocycles. The number of nitrogens with zero attached hydrogens (tertiary/aromatic N) is 3. The second-order valence-electron chi connectivity index (χ2n) is 6.79. The predicted molar refractivity (Wildman–Crippen MR) is 95.4 cm³/mol. The first kappa shape index (κ1) is 17.7. The van der Waals surface area contributed by atoms with Gasteiger partial charge in [0.2, 0.25) is 11.8 Å². The van der Waals surface area contributed by atoms with Crippen molar-refractivity contribution in [2.45, 2.75) is 25.8 Å². The maximum atomic E-state index is 12.5. The maximum Gasteiger partial charge on any atom is 0.236 e. The summed E-state index contributed by atoms with van der Waals surface area (Å²) in [6, 6.07) is 7.73. The Morgan fingerprint density at radius 1 is 1.12 bits per heavy atom. The van der Waals surface area contributed by atoms with E-state index in [9.17, 15) is 9.59 Å². The summed E-state index contributed by atoms with van der Waals surface area (Å²) in [7, 11) is 1.65. The zero-order chi connectivity index (χ0) is 17.8. The standard InChI is InChI=1S/C19H27N3O3/c1-15(23)22-12-11-20(14-19(24)21-9-5-6-10-21)13-17(22)16-7-3-4-8-18(16)25-2/h3-4,7-8,17H,5-6,9-14H2,1-2H3. The van der Waals surface area contributed by atoms with Crippen molar-refractivity contribution in [3.05, 3.63) is 29.8 Å². The van der Waals surface area contributed by atoms with Crippen LogP contribution in [0.15, 0.2) is 24.3 Å². The molecule has 2 amide bonds. The van der Waals surface area contributed by atoms with Crippen molar-refractivity contribution in [3.63, 3.8) is 0 Å². The lowest BCUT2D eigenvalue weighted by Gasteiger charge is -2.41. The Labute approximate surface area is 149 Å². The van der Waals surface area contributed by atoms with Gasteiger partial charge in [0.25, 0.3) is 0 Å². The first-order valence-electron chi connectivity index (χ1n) is 9.00. The number of rotatable bonds is 4. The van der Waals surface area contributed by atoms with Gasteiger partial charge in [-0.1, -0.05) is 18.2 Å². The number of carbonyl (C=O) groups is 2. The van der Waals surface area contributed by atoms with E-state index in [2.05, 4.69) is 4.90 Å². The zero-order valence-corrected chi connectivity index (χ0v) is 15.1. The molecule has 0 radical (unpaired) electrons. The number of piperazine rings is 1. The maximum absolute atomic E-state index is 12.5. The number of benzene rings is 1. The van der Waals surface area contributed by atoms with Gasteiger partial charge in [-0.2, -0.15) is 0 Å². The molecule has 0 aliphatic carbocycles. The molecule has 0 bridgehead atoms. The molecule has 0 saturated carbocycles. The van der Waals surface area contributed by atoms with Crippen molar-refractivity contribution in [1.82, 2.24) is 14.7 Å². The lowest BCUT2D eigenvalue weighted by molar-refractivity contribution is -0.136. The number of hydrogen-bond donors (Lipinski definition) is 0. The van der Waals surface area contributed by atoms with Crippen LogP contribution in [0.5, 0.6) is 5.75 Å². The topological polar surface area (TPSA) is 53.1 Å². The molecule has 2 fully saturated rings. The van der Waals surface area contributed by atoms with E-state index in [-0.39, 0.29) is 17.9 Å². The van der Waals surface area contributed by atoms with E-state index in [0.717, 1.165) is 43.8 Å². The first-order chi connectivity index (χ1) is 12.1. The average molecular weight is 345 g/mol. The van der Waals surface area contributed by atoms with E-state index in [1.807, 2.05) is 34.1 Å². The third-order valence-corrected chi connectivity index (χ3v) is 5.18. The summed E-state index contributed by atoms with van der Waals surface area (Å²) >= 11 is 0. The van der Waals surface area contributed by atoms with Crippen LogP contribution >= 0.6 is 0 Å². The van der Waals surface area contributed by atoms with Crippen molar-refractivity contribution in [2.75, 3.05) is 46.4 Å². The van der Waals surface area contributed by atoms with Crippen LogP contribution in [0.1, 0.15) is 31.4 Å². The minimum Gasteiger partial charge on any atom is -0.496 e. The minimum absolute atomic E-state index is 0.0569. The molecule has 0 N–H and O–H groups in total. The highest BCUT2D eigenvalue weighted by molar-refractivity contribution is 5.78. The highest BCUT2D eigenvalue weighted by atomic mass is 16.5. The molecular formula is C19H27N3O3. The fourth-order valence-corrected chi connectivity index (χ4v) is 3.83. The van der Waals surface area contributed by atoms with Crippen molar-refractivity contribution >= 4 is 11.8 Å². The summed E-state index contributed by atoms with van der Waals surface area (Å²) in [6.45, 7) is 5.80. The van der Waals surface area contributed by atoms with Gasteiger partial charge < -0.3 is 14.5 Å². The van der Waals surface area contributed by atoms with Crippen molar-refractivity contribution in [3.8, 4) is 5.75 Å². The zero-order valence-electron chi connectivity index (χ0n) is 15.1. The monoisotopic (exact) mass is 345 g/mol. The van der Waals surface area contributed by atoms with E-state index in [4.69, 9.17) is 4.74 Å². The quantitative estimate of drug-likeness (QED) is 0.830. The Morgan fingerprint density at radius 3 is 2.52 bits per heavy atom. The summed E-state index contributed by atoms with van der Waals surface area (Å²) < 4.78 is 5.49. The molecule has 2 saturated heterocycles. The van der Waals surface area contributed by atoms with Crippen LogP contribution in [-0.2, 0) is 9.59 Å². The van der Waals surface area contributed by atoms with E-state index < -0.39 is 0 Å². The molecule has 1 aromatic carbocycles. The first-order valence-corrected chi connectivity index (χ1v) is 9.00. The van der Waals surface area contributed by atoms with Crippen LogP contribution in [-0.4, -0.2) is 72.9 Å². The summed E-state index contributed by atoms with van der Waals surface area (Å²) in [4.78, 5) is 30.6. The van der Waals surface area contributed by atoms with E-state index >= 15 is 0 Å². The fourth-order valence-electron chi connectivity index (χ4n) is 3.83. The molecule has 1 aromatic rings. The molecule has 6 nitrogen and oxygen atoms in total. The number of amides is 2. The van der Waals surface area contributed by atoms with E-state index in [0.29, 0.717) is 19.6 Å². The van der Waals surface area contributed by atoms with Gasteiger partial charge in [0.15, 0.2) is 0 Å². The summed E-state index contributed by atoms with van der Waals surface area (Å²) in [5.74, 6) is 1.04. The van der Waals surface area contributed by atoms with Crippen LogP contribution in [0.4, 0.5) is 0 Å². The molecule has 2 aliphatic heterocycles. The van der Waals surface area contributed by atoms with Crippen molar-refractivity contribution in [1.29, 1.82) is 0 Å². The highest BCUT2D eigenvalue weighted by Crippen LogP contribution is 2.32. The largest absolute Gasteiger partial charge is 0.496 e. The Balaban J connectivity index is 1.75. The van der Waals surface area contributed by atoms with Gasteiger partial charge in [-0.05, 0) is 18.9 Å². The van der Waals surface area contributed by atoms with Gasteiger partial charge in [-0.15, -0.1) is 0 Å². The van der Waals surface area contributed by atoms with Gasteiger partial charge in [-0.25, -0.2) is 0 Å². The van der Waals surface area contributed by atoms with Gasteiger partial charge in [0.1, 0.15) is 5.75 Å². The second kappa shape index (κ2) is 7.87. The van der Waals surface area contributed by atoms with Crippen molar-refractivity contribution < 1.29 is 14.3 Å². The van der Waals surface area contributed by atoms with Crippen molar-refractivity contribution in [2.24, 2.45) is 0 Å². The van der Waals surface area contributed by atoms with E-state index in [1.54, 1.807) is 14.0 Å². The van der Waals surface area contributed by atoms with Gasteiger partial charge in [-0.3, -0.25) is 14.5 Å². The number of hydrogen-bond acceptors (Lipinski definition) is 4. The Kier molecular flexibility index (Phi) is 5.58. The Morgan fingerprint density at radius 2 is 1.84 bits per heavy atom. The number of carbonyl (C=O) groups excluding carboxylic acids is 2. The SMILES string of the molecule is COc1ccccc1C1CN(CC(=O)N2CCCC2)CCN1C(C)=O. The number of ether oxygens (including phenoxy) is 1. The number of likely N-dealkylation sites (tertiary alicyclic amines) is 1.